The zero-order chi connectivity index (χ0) is 13.7. The van der Waals surface area contributed by atoms with E-state index in [0.29, 0.717) is 12.8 Å². The van der Waals surface area contributed by atoms with Crippen molar-refractivity contribution in [2.45, 2.75) is 64.2 Å². The number of alkyl halides is 1. The summed E-state index contributed by atoms with van der Waals surface area (Å²) < 4.78 is 46.2. The van der Waals surface area contributed by atoms with Crippen molar-refractivity contribution in [3.05, 3.63) is 0 Å². The largest absolute Gasteiger partial charge is 1.00 e. The minimum absolute atomic E-state index is 0. The van der Waals surface area contributed by atoms with Crippen LogP contribution in [0.4, 0.5) is 4.39 Å². The minimum Gasteiger partial charge on any atom is -0.726 e. The first-order valence-electron chi connectivity index (χ1n) is 6.72. The predicted molar refractivity (Wildman–Crippen MR) is 67.8 cm³/mol. The van der Waals surface area contributed by atoms with Crippen LogP contribution in [-0.2, 0) is 14.6 Å². The summed E-state index contributed by atoms with van der Waals surface area (Å²) in [4.78, 5) is 0. The average molecular weight is 290 g/mol. The number of halogens is 1. The van der Waals surface area contributed by atoms with Gasteiger partial charge in [0.2, 0.25) is 10.4 Å². The van der Waals surface area contributed by atoms with Gasteiger partial charge in [0, 0.05) is 0 Å². The molecule has 0 spiro atoms. The summed E-state index contributed by atoms with van der Waals surface area (Å²) in [6.45, 7) is -0.212. The van der Waals surface area contributed by atoms with Crippen LogP contribution in [0.1, 0.15) is 64.2 Å². The molecule has 0 radical (unpaired) electrons. The summed E-state index contributed by atoms with van der Waals surface area (Å²) >= 11 is 0. The Morgan fingerprint density at radius 2 is 1.16 bits per heavy atom. The molecule has 0 aromatic heterocycles. The van der Waals surface area contributed by atoms with Crippen molar-refractivity contribution in [3.63, 3.8) is 0 Å². The third-order valence-electron chi connectivity index (χ3n) is 2.76. The molecule has 110 valence electrons. The Balaban J connectivity index is 0. The molecule has 0 aliphatic heterocycles. The SMILES string of the molecule is O=S(=O)([O-])OCCCCCCCCCCCCF.[Li+]. The molecule has 19 heavy (non-hydrogen) atoms. The third kappa shape index (κ3) is 20.9. The molecule has 4 nitrogen and oxygen atoms in total. The van der Waals surface area contributed by atoms with Crippen molar-refractivity contribution < 1.29 is 40.4 Å². The van der Waals surface area contributed by atoms with Gasteiger partial charge < -0.3 is 4.55 Å². The first kappa shape index (κ1) is 21.7. The maximum absolute atomic E-state index is 11.8. The molecule has 0 unspecified atom stereocenters. The third-order valence-corrected chi connectivity index (χ3v) is 3.21. The van der Waals surface area contributed by atoms with Crippen molar-refractivity contribution in [1.82, 2.24) is 0 Å². The number of hydrogen-bond donors (Lipinski definition) is 0. The predicted octanol–water partition coefficient (Wildman–Crippen LogP) is 0.338. The van der Waals surface area contributed by atoms with Gasteiger partial charge in [-0.25, -0.2) is 8.42 Å². The average Bonchev–Trinajstić information content (AvgIpc) is 2.29. The monoisotopic (exact) mass is 290 g/mol. The molecule has 0 atom stereocenters. The molecule has 0 rings (SSSR count). The number of unbranched alkanes of at least 4 members (excludes halogenated alkanes) is 9. The summed E-state index contributed by atoms with van der Waals surface area (Å²) in [7, 11) is -4.51. The van der Waals surface area contributed by atoms with Crippen molar-refractivity contribution >= 4 is 10.4 Å². The smallest absolute Gasteiger partial charge is 0.726 e. The van der Waals surface area contributed by atoms with Gasteiger partial charge >= 0.3 is 18.9 Å². The molecule has 0 saturated carbocycles. The second-order valence-corrected chi connectivity index (χ2v) is 5.51. The van der Waals surface area contributed by atoms with Crippen LogP contribution in [0.5, 0.6) is 0 Å². The molecular formula is C12H24FLiO4S. The van der Waals surface area contributed by atoms with E-state index in [9.17, 15) is 17.4 Å². The molecule has 0 fully saturated rings. The van der Waals surface area contributed by atoms with Crippen LogP contribution in [0, 0.1) is 0 Å². The van der Waals surface area contributed by atoms with Gasteiger partial charge in [-0.3, -0.25) is 8.57 Å². The topological polar surface area (TPSA) is 66.4 Å². The van der Waals surface area contributed by atoms with Crippen LogP contribution in [0.3, 0.4) is 0 Å². The van der Waals surface area contributed by atoms with Crippen LogP contribution < -0.4 is 18.9 Å². The number of hydrogen-bond acceptors (Lipinski definition) is 4. The van der Waals surface area contributed by atoms with E-state index in [0.717, 1.165) is 44.9 Å². The molecule has 0 saturated heterocycles. The summed E-state index contributed by atoms with van der Waals surface area (Å²) in [6.07, 6.45) is 9.93. The van der Waals surface area contributed by atoms with E-state index in [2.05, 4.69) is 4.18 Å². The van der Waals surface area contributed by atoms with E-state index in [1.54, 1.807) is 0 Å². The van der Waals surface area contributed by atoms with Gasteiger partial charge in [-0.2, -0.15) is 0 Å². The molecule has 0 aliphatic carbocycles. The fraction of sp³-hybridized carbons (Fsp3) is 1.00. The van der Waals surface area contributed by atoms with Gasteiger partial charge in [0.05, 0.1) is 13.3 Å². The molecule has 7 heteroatoms. The number of rotatable bonds is 13. The Morgan fingerprint density at radius 1 is 0.789 bits per heavy atom. The Bertz CT molecular complexity index is 273. The van der Waals surface area contributed by atoms with E-state index >= 15 is 0 Å². The van der Waals surface area contributed by atoms with E-state index in [1.807, 2.05) is 0 Å². The van der Waals surface area contributed by atoms with Gasteiger partial charge in [0.15, 0.2) is 0 Å². The zero-order valence-corrected chi connectivity index (χ0v) is 12.7. The summed E-state index contributed by atoms with van der Waals surface area (Å²) in [6, 6.07) is 0. The van der Waals surface area contributed by atoms with Gasteiger partial charge in [0.1, 0.15) is 0 Å². The quantitative estimate of drug-likeness (QED) is 0.212. The molecule has 0 aromatic carbocycles. The van der Waals surface area contributed by atoms with Crippen LogP contribution in [-0.4, -0.2) is 26.3 Å². The molecule has 0 amide bonds. The normalized spacial score (nSPS) is 11.3. The van der Waals surface area contributed by atoms with Gasteiger partial charge in [-0.15, -0.1) is 0 Å². The van der Waals surface area contributed by atoms with Crippen molar-refractivity contribution in [2.24, 2.45) is 0 Å². The van der Waals surface area contributed by atoms with Crippen LogP contribution in [0.15, 0.2) is 0 Å². The molecule has 0 aliphatic rings. The minimum atomic E-state index is -4.51. The van der Waals surface area contributed by atoms with Gasteiger partial charge in [0.25, 0.3) is 0 Å². The Labute approximate surface area is 128 Å². The Kier molecular flexibility index (Phi) is 16.9. The fourth-order valence-electron chi connectivity index (χ4n) is 1.77. The molecule has 0 heterocycles. The molecule has 0 aromatic rings. The Hall–Kier alpha value is 0.397. The summed E-state index contributed by atoms with van der Waals surface area (Å²) in [5.41, 5.74) is 0. The van der Waals surface area contributed by atoms with E-state index < -0.39 is 10.4 Å². The Morgan fingerprint density at radius 3 is 1.53 bits per heavy atom. The van der Waals surface area contributed by atoms with E-state index in [4.69, 9.17) is 0 Å². The maximum Gasteiger partial charge on any atom is 1.00 e. The summed E-state index contributed by atoms with van der Waals surface area (Å²) in [5.74, 6) is 0. The second kappa shape index (κ2) is 14.8. The van der Waals surface area contributed by atoms with Crippen LogP contribution in [0.25, 0.3) is 0 Å². The van der Waals surface area contributed by atoms with Gasteiger partial charge in [-0.05, 0) is 12.8 Å². The van der Waals surface area contributed by atoms with Crippen LogP contribution >= 0.6 is 0 Å². The molecular weight excluding hydrogens is 266 g/mol. The van der Waals surface area contributed by atoms with Gasteiger partial charge in [-0.1, -0.05) is 51.4 Å². The molecule has 0 bridgehead atoms. The first-order chi connectivity index (χ1) is 8.56. The second-order valence-electron chi connectivity index (χ2n) is 4.45. The maximum atomic E-state index is 11.8. The van der Waals surface area contributed by atoms with Crippen molar-refractivity contribution in [1.29, 1.82) is 0 Å². The summed E-state index contributed by atoms with van der Waals surface area (Å²) in [5, 5.41) is 0. The molecule has 0 N–H and O–H groups in total. The zero-order valence-electron chi connectivity index (χ0n) is 11.9. The van der Waals surface area contributed by atoms with Crippen molar-refractivity contribution in [2.75, 3.05) is 13.3 Å². The standard InChI is InChI=1S/C12H25FO4S.Li/c13-11-9-7-5-3-1-2-4-6-8-10-12-17-18(14,15)16;/h1-12H2,(H,14,15,16);/q;+1/p-1. The van der Waals surface area contributed by atoms with Crippen molar-refractivity contribution in [3.8, 4) is 0 Å². The van der Waals surface area contributed by atoms with Crippen LogP contribution in [0.2, 0.25) is 0 Å². The van der Waals surface area contributed by atoms with E-state index in [-0.39, 0.29) is 32.1 Å². The van der Waals surface area contributed by atoms with E-state index in [1.165, 1.54) is 6.42 Å². The first-order valence-corrected chi connectivity index (χ1v) is 8.06. The fourth-order valence-corrected chi connectivity index (χ4v) is 2.09.